The largest absolute Gasteiger partial charge is 0.512 e. The van der Waals surface area contributed by atoms with E-state index in [-0.39, 0.29) is 33.5 Å². The second kappa shape index (κ2) is 5.86. The average Bonchev–Trinajstić information content (AvgIpc) is 2.59. The molecular formula is C26H42O3. The Morgan fingerprint density at radius 2 is 1.28 bits per heavy atom. The monoisotopic (exact) mass is 402 g/mol. The van der Waals surface area contributed by atoms with Crippen LogP contribution in [-0.4, -0.2) is 10.9 Å². The molecule has 0 bridgehead atoms. The Morgan fingerprint density at radius 3 is 1.79 bits per heavy atom. The Bertz CT molecular complexity index is 847. The van der Waals surface area contributed by atoms with Crippen LogP contribution in [0.3, 0.4) is 0 Å². The second-order valence-corrected chi connectivity index (χ2v) is 11.9. The molecule has 0 amide bonds. The van der Waals surface area contributed by atoms with Gasteiger partial charge in [0.25, 0.3) is 5.79 Å². The quantitative estimate of drug-likeness (QED) is 0.455. The van der Waals surface area contributed by atoms with Gasteiger partial charge in [0.1, 0.15) is 5.76 Å². The van der Waals surface area contributed by atoms with E-state index in [1.807, 2.05) is 6.92 Å². The van der Waals surface area contributed by atoms with Gasteiger partial charge in [-0.2, -0.15) is 0 Å². The summed E-state index contributed by atoms with van der Waals surface area (Å²) in [6.45, 7) is 28.9. The van der Waals surface area contributed by atoms with E-state index in [2.05, 4.69) is 83.1 Å². The smallest absolute Gasteiger partial charge is 0.261 e. The molecule has 1 N–H and O–H groups in total. The standard InChI is InChI=1S/C26H42O3/c1-14-15(2)21-19(16(3)20(14)27)23(8,9)25(12,13)26(29-21)24(10,11)22(6,7)17(4)18(5)28-26/h16,19,27H,1-13H3. The third-order valence-electron chi connectivity index (χ3n) is 10.1. The Labute approximate surface area is 178 Å². The lowest BCUT2D eigenvalue weighted by Gasteiger charge is -2.70. The highest BCUT2D eigenvalue weighted by atomic mass is 16.7. The van der Waals surface area contributed by atoms with Gasteiger partial charge in [0.2, 0.25) is 0 Å². The number of aliphatic hydroxyl groups excluding tert-OH is 1. The fourth-order valence-electron chi connectivity index (χ4n) is 6.32. The highest BCUT2D eigenvalue weighted by Gasteiger charge is 2.75. The van der Waals surface area contributed by atoms with Crippen LogP contribution in [0.15, 0.2) is 34.0 Å². The van der Waals surface area contributed by atoms with Gasteiger partial charge >= 0.3 is 0 Å². The van der Waals surface area contributed by atoms with Crippen LogP contribution in [0.5, 0.6) is 0 Å². The van der Waals surface area contributed by atoms with Crippen LogP contribution in [0, 0.1) is 33.5 Å². The van der Waals surface area contributed by atoms with Crippen LogP contribution >= 0.6 is 0 Å². The Kier molecular flexibility index (Phi) is 4.51. The van der Waals surface area contributed by atoms with Crippen LogP contribution < -0.4 is 0 Å². The summed E-state index contributed by atoms with van der Waals surface area (Å²) in [6, 6.07) is 0. The van der Waals surface area contributed by atoms with Gasteiger partial charge in [0, 0.05) is 22.7 Å². The molecule has 3 nitrogen and oxygen atoms in total. The zero-order valence-corrected chi connectivity index (χ0v) is 20.9. The molecule has 1 spiro atoms. The first kappa shape index (κ1) is 22.3. The molecule has 164 valence electrons. The summed E-state index contributed by atoms with van der Waals surface area (Å²) >= 11 is 0. The van der Waals surface area contributed by atoms with Gasteiger partial charge in [-0.05, 0) is 49.8 Å². The first-order valence-electron chi connectivity index (χ1n) is 11.1. The number of aliphatic hydroxyl groups is 1. The topological polar surface area (TPSA) is 38.7 Å². The Balaban J connectivity index is 2.39. The number of rotatable bonds is 0. The highest BCUT2D eigenvalue weighted by molar-refractivity contribution is 5.42. The molecule has 2 heterocycles. The van der Waals surface area contributed by atoms with E-state index < -0.39 is 5.79 Å². The highest BCUT2D eigenvalue weighted by Crippen LogP contribution is 2.72. The second-order valence-electron chi connectivity index (χ2n) is 11.9. The molecule has 0 radical (unpaired) electrons. The van der Waals surface area contributed by atoms with E-state index in [9.17, 15) is 5.11 Å². The summed E-state index contributed by atoms with van der Waals surface area (Å²) in [5.74, 6) is 1.74. The summed E-state index contributed by atoms with van der Waals surface area (Å²) in [5.41, 5.74) is 2.38. The van der Waals surface area contributed by atoms with Crippen LogP contribution in [0.25, 0.3) is 0 Å². The lowest BCUT2D eigenvalue weighted by Crippen LogP contribution is -2.72. The first-order valence-corrected chi connectivity index (χ1v) is 11.1. The van der Waals surface area contributed by atoms with Gasteiger partial charge in [-0.3, -0.25) is 0 Å². The van der Waals surface area contributed by atoms with Crippen LogP contribution in [-0.2, 0) is 9.47 Å². The molecule has 3 atom stereocenters. The third kappa shape index (κ3) is 2.25. The van der Waals surface area contributed by atoms with Gasteiger partial charge in [-0.1, -0.05) is 62.3 Å². The summed E-state index contributed by atoms with van der Waals surface area (Å²) in [4.78, 5) is 0. The average molecular weight is 403 g/mol. The SMILES string of the molecule is CC1=C(C)C(C)(C)C(C)(C)C2(O1)OC1=C(C)C(C)=C(O)C(C)C1C(C)(C)C2(C)C. The number of ether oxygens (including phenoxy) is 2. The minimum Gasteiger partial charge on any atom is -0.512 e. The van der Waals surface area contributed by atoms with E-state index >= 15 is 0 Å². The maximum Gasteiger partial charge on any atom is 0.261 e. The fourth-order valence-corrected chi connectivity index (χ4v) is 6.32. The molecule has 0 saturated carbocycles. The number of allylic oxidation sites excluding steroid dienone is 6. The van der Waals surface area contributed by atoms with E-state index in [1.54, 1.807) is 0 Å². The lowest BCUT2D eigenvalue weighted by molar-refractivity contribution is -0.388. The van der Waals surface area contributed by atoms with Crippen molar-refractivity contribution in [3.05, 3.63) is 34.0 Å². The molecule has 1 fully saturated rings. The van der Waals surface area contributed by atoms with E-state index in [0.717, 1.165) is 22.7 Å². The van der Waals surface area contributed by atoms with Crippen LogP contribution in [0.2, 0.25) is 0 Å². The van der Waals surface area contributed by atoms with Crippen LogP contribution in [0.1, 0.15) is 90.0 Å². The van der Waals surface area contributed by atoms with Crippen molar-refractivity contribution in [3.8, 4) is 0 Å². The molecule has 3 unspecified atom stereocenters. The van der Waals surface area contributed by atoms with Gasteiger partial charge in [0.15, 0.2) is 0 Å². The zero-order valence-electron chi connectivity index (χ0n) is 20.9. The van der Waals surface area contributed by atoms with Gasteiger partial charge in [0.05, 0.1) is 16.9 Å². The molecule has 0 aromatic carbocycles. The molecule has 1 saturated heterocycles. The summed E-state index contributed by atoms with van der Waals surface area (Å²) in [7, 11) is 0. The summed E-state index contributed by atoms with van der Waals surface area (Å²) in [6.07, 6.45) is 0. The Hall–Kier alpha value is -1.38. The predicted octanol–water partition coefficient (Wildman–Crippen LogP) is 7.51. The molecule has 3 rings (SSSR count). The Morgan fingerprint density at radius 1 is 0.759 bits per heavy atom. The number of fused-ring (bicyclic) bond motifs is 1. The maximum atomic E-state index is 10.9. The van der Waals surface area contributed by atoms with Crippen molar-refractivity contribution in [1.82, 2.24) is 0 Å². The van der Waals surface area contributed by atoms with Crippen molar-refractivity contribution >= 4 is 0 Å². The maximum absolute atomic E-state index is 10.9. The number of hydrogen-bond donors (Lipinski definition) is 1. The summed E-state index contributed by atoms with van der Waals surface area (Å²) < 4.78 is 14.0. The molecule has 1 aliphatic carbocycles. The van der Waals surface area contributed by atoms with Crippen molar-refractivity contribution in [2.24, 2.45) is 33.5 Å². The minimum absolute atomic E-state index is 0.0124. The van der Waals surface area contributed by atoms with Crippen LogP contribution in [0.4, 0.5) is 0 Å². The van der Waals surface area contributed by atoms with Gasteiger partial charge in [-0.15, -0.1) is 0 Å². The van der Waals surface area contributed by atoms with Crippen molar-refractivity contribution in [2.45, 2.75) is 95.8 Å². The van der Waals surface area contributed by atoms with Crippen molar-refractivity contribution in [2.75, 3.05) is 0 Å². The molecule has 2 aliphatic heterocycles. The molecule has 29 heavy (non-hydrogen) atoms. The van der Waals surface area contributed by atoms with Crippen molar-refractivity contribution < 1.29 is 14.6 Å². The summed E-state index contributed by atoms with van der Waals surface area (Å²) in [5, 5.41) is 10.9. The lowest BCUT2D eigenvalue weighted by atomic mass is 9.44. The molecule has 0 aromatic rings. The zero-order chi connectivity index (χ0) is 22.5. The van der Waals surface area contributed by atoms with E-state index in [1.165, 1.54) is 5.57 Å². The molecule has 3 heteroatoms. The predicted molar refractivity (Wildman–Crippen MR) is 119 cm³/mol. The third-order valence-corrected chi connectivity index (χ3v) is 10.1. The molecular weight excluding hydrogens is 360 g/mol. The van der Waals surface area contributed by atoms with Gasteiger partial charge < -0.3 is 14.6 Å². The minimum atomic E-state index is -0.823. The van der Waals surface area contributed by atoms with Crippen molar-refractivity contribution in [1.29, 1.82) is 0 Å². The number of hydrogen-bond acceptors (Lipinski definition) is 3. The normalized spacial score (nSPS) is 37.3. The fraction of sp³-hybridized carbons (Fsp3) is 0.769. The van der Waals surface area contributed by atoms with Gasteiger partial charge in [-0.25, -0.2) is 0 Å². The molecule has 3 aliphatic rings. The van der Waals surface area contributed by atoms with E-state index in [0.29, 0.717) is 5.76 Å². The first-order chi connectivity index (χ1) is 12.9. The molecule has 0 aromatic heterocycles. The van der Waals surface area contributed by atoms with Crippen molar-refractivity contribution in [3.63, 3.8) is 0 Å². The van der Waals surface area contributed by atoms with E-state index in [4.69, 9.17) is 9.47 Å².